The molecule has 8 nitrogen and oxygen atoms in total. The van der Waals surface area contributed by atoms with Gasteiger partial charge in [-0.15, -0.1) is 0 Å². The highest BCUT2D eigenvalue weighted by atomic mass is 32.2. The fourth-order valence-electron chi connectivity index (χ4n) is 1.93. The van der Waals surface area contributed by atoms with Gasteiger partial charge in [0.1, 0.15) is 17.9 Å². The molecule has 1 aromatic heterocycles. The largest absolute Gasteiger partial charge is 0.490 e. The van der Waals surface area contributed by atoms with Crippen LogP contribution in [0.25, 0.3) is 11.0 Å². The minimum Gasteiger partial charge on any atom is -0.490 e. The molecule has 0 saturated carbocycles. The molecule has 0 unspecified atom stereocenters. The summed E-state index contributed by atoms with van der Waals surface area (Å²) in [7, 11) is -3.88. The first-order valence-electron chi connectivity index (χ1n) is 6.05. The highest BCUT2D eigenvalue weighted by Gasteiger charge is 2.23. The van der Waals surface area contributed by atoms with Crippen LogP contribution < -0.4 is 15.2 Å². The summed E-state index contributed by atoms with van der Waals surface area (Å²) in [6.45, 7) is 0.574. The lowest BCUT2D eigenvalue weighted by molar-refractivity contribution is 0.105. The van der Waals surface area contributed by atoms with E-state index in [1.54, 1.807) is 18.2 Å². The fraction of sp³-hybridized carbons (Fsp3) is 0.250. The smallest absolute Gasteiger partial charge is 0.407 e. The van der Waals surface area contributed by atoms with Crippen LogP contribution in [0.1, 0.15) is 0 Å². The van der Waals surface area contributed by atoms with Crippen molar-refractivity contribution in [2.24, 2.45) is 5.14 Å². The van der Waals surface area contributed by atoms with Crippen LogP contribution in [0.2, 0.25) is 0 Å². The van der Waals surface area contributed by atoms with Crippen LogP contribution in [0.3, 0.4) is 0 Å². The number of primary sulfonamides is 1. The van der Waals surface area contributed by atoms with Crippen LogP contribution in [0.4, 0.5) is 4.79 Å². The summed E-state index contributed by atoms with van der Waals surface area (Å²) < 4.78 is 38.0. The number of cyclic esters (lactones) is 1. The van der Waals surface area contributed by atoms with Crippen LogP contribution in [0, 0.1) is 0 Å². The van der Waals surface area contributed by atoms with Crippen molar-refractivity contribution in [3.63, 3.8) is 0 Å². The van der Waals surface area contributed by atoms with Crippen molar-refractivity contribution in [2.75, 3.05) is 13.2 Å². The monoisotopic (exact) mass is 312 g/mol. The molecule has 0 bridgehead atoms. The average molecular weight is 312 g/mol. The summed E-state index contributed by atoms with van der Waals surface area (Å²) in [4.78, 5) is 10.9. The van der Waals surface area contributed by atoms with E-state index in [1.165, 1.54) is 6.07 Å². The van der Waals surface area contributed by atoms with Crippen LogP contribution in [0.5, 0.6) is 5.75 Å². The number of nitrogens with two attached hydrogens (primary N) is 1. The number of hydrogen-bond acceptors (Lipinski definition) is 6. The molecule has 1 atom stereocenters. The van der Waals surface area contributed by atoms with Crippen LogP contribution >= 0.6 is 0 Å². The van der Waals surface area contributed by atoms with Gasteiger partial charge in [0.05, 0.1) is 6.54 Å². The highest BCUT2D eigenvalue weighted by Crippen LogP contribution is 2.26. The molecule has 1 fully saturated rings. The highest BCUT2D eigenvalue weighted by molar-refractivity contribution is 7.89. The molecule has 1 aliphatic heterocycles. The van der Waals surface area contributed by atoms with Crippen molar-refractivity contribution in [3.8, 4) is 5.75 Å². The number of nitrogens with one attached hydrogen (secondary N) is 1. The Morgan fingerprint density at radius 1 is 1.38 bits per heavy atom. The van der Waals surface area contributed by atoms with E-state index in [2.05, 4.69) is 5.32 Å². The van der Waals surface area contributed by atoms with Gasteiger partial charge in [-0.1, -0.05) is 0 Å². The summed E-state index contributed by atoms with van der Waals surface area (Å²) in [6.07, 6.45) is -0.826. The summed E-state index contributed by atoms with van der Waals surface area (Å²) in [5.41, 5.74) is 0.345. The zero-order valence-electron chi connectivity index (χ0n) is 10.7. The van der Waals surface area contributed by atoms with Crippen molar-refractivity contribution in [1.29, 1.82) is 0 Å². The topological polar surface area (TPSA) is 121 Å². The molecule has 9 heteroatoms. The molecule has 2 heterocycles. The SMILES string of the molecule is NS(=O)(=O)c1cc2ccc(OC[C@@H]3CNC(=O)O3)cc2o1. The molecule has 1 amide bonds. The van der Waals surface area contributed by atoms with E-state index >= 15 is 0 Å². The minimum atomic E-state index is -3.88. The predicted octanol–water partition coefficient (Wildman–Crippen LogP) is 0.567. The number of rotatable bonds is 4. The van der Waals surface area contributed by atoms with Gasteiger partial charge < -0.3 is 19.2 Å². The molecule has 0 aliphatic carbocycles. The Bertz CT molecular complexity index is 797. The third-order valence-corrected chi connectivity index (χ3v) is 3.70. The number of benzene rings is 1. The van der Waals surface area contributed by atoms with Crippen molar-refractivity contribution in [1.82, 2.24) is 5.32 Å². The third-order valence-electron chi connectivity index (χ3n) is 2.93. The number of furan rings is 1. The van der Waals surface area contributed by atoms with Crippen molar-refractivity contribution in [3.05, 3.63) is 24.3 Å². The molecular weight excluding hydrogens is 300 g/mol. The fourth-order valence-corrected chi connectivity index (χ4v) is 2.43. The summed E-state index contributed by atoms with van der Waals surface area (Å²) in [6, 6.07) is 6.21. The number of carbonyl (C=O) groups excluding carboxylic acids is 1. The van der Waals surface area contributed by atoms with E-state index in [0.29, 0.717) is 23.3 Å². The predicted molar refractivity (Wildman–Crippen MR) is 71.4 cm³/mol. The van der Waals surface area contributed by atoms with Crippen molar-refractivity contribution < 1.29 is 27.1 Å². The second kappa shape index (κ2) is 4.93. The van der Waals surface area contributed by atoms with E-state index in [1.807, 2.05) is 0 Å². The Balaban J connectivity index is 1.76. The maximum Gasteiger partial charge on any atom is 0.407 e. The van der Waals surface area contributed by atoms with Gasteiger partial charge in [-0.3, -0.25) is 0 Å². The number of hydrogen-bond donors (Lipinski definition) is 2. The molecule has 1 saturated heterocycles. The number of fused-ring (bicyclic) bond motifs is 1. The van der Waals surface area contributed by atoms with Gasteiger partial charge in [0, 0.05) is 17.5 Å². The van der Waals surface area contributed by atoms with Crippen LogP contribution in [-0.4, -0.2) is 33.8 Å². The zero-order valence-corrected chi connectivity index (χ0v) is 11.6. The molecule has 0 radical (unpaired) electrons. The van der Waals surface area contributed by atoms with E-state index in [4.69, 9.17) is 19.0 Å². The normalized spacial score (nSPS) is 18.5. The quantitative estimate of drug-likeness (QED) is 0.851. The van der Waals surface area contributed by atoms with Crippen LogP contribution in [0.15, 0.2) is 33.8 Å². The lowest BCUT2D eigenvalue weighted by atomic mass is 10.2. The number of amides is 1. The summed E-state index contributed by atoms with van der Waals surface area (Å²) in [5, 5.41) is 7.82. The lowest BCUT2D eigenvalue weighted by Crippen LogP contribution is -2.21. The summed E-state index contributed by atoms with van der Waals surface area (Å²) >= 11 is 0. The van der Waals surface area contributed by atoms with Crippen molar-refractivity contribution >= 4 is 27.1 Å². The second-order valence-corrected chi connectivity index (χ2v) is 6.02. The van der Waals surface area contributed by atoms with Gasteiger partial charge >= 0.3 is 6.09 Å². The Kier molecular flexibility index (Phi) is 3.22. The molecule has 3 N–H and O–H groups in total. The Morgan fingerprint density at radius 2 is 2.19 bits per heavy atom. The molecule has 1 aliphatic rings. The molecule has 21 heavy (non-hydrogen) atoms. The Morgan fingerprint density at radius 3 is 2.86 bits per heavy atom. The first-order valence-corrected chi connectivity index (χ1v) is 7.60. The van der Waals surface area contributed by atoms with Crippen LogP contribution in [-0.2, 0) is 14.8 Å². The lowest BCUT2D eigenvalue weighted by Gasteiger charge is -2.09. The zero-order chi connectivity index (χ0) is 15.0. The first kappa shape index (κ1) is 13.7. The summed E-state index contributed by atoms with van der Waals surface area (Å²) in [5.74, 6) is 0.473. The number of carbonyl (C=O) groups is 1. The van der Waals surface area contributed by atoms with Gasteiger partial charge in [-0.2, -0.15) is 0 Å². The van der Waals surface area contributed by atoms with E-state index in [0.717, 1.165) is 0 Å². The van der Waals surface area contributed by atoms with Gasteiger partial charge in [-0.25, -0.2) is 18.4 Å². The van der Waals surface area contributed by atoms with Gasteiger partial charge in [-0.05, 0) is 12.1 Å². The van der Waals surface area contributed by atoms with E-state index < -0.39 is 16.1 Å². The number of sulfonamides is 1. The molecule has 3 rings (SSSR count). The number of alkyl carbamates (subject to hydrolysis) is 1. The third kappa shape index (κ3) is 2.93. The number of ether oxygens (including phenoxy) is 2. The van der Waals surface area contributed by atoms with E-state index in [-0.39, 0.29) is 17.8 Å². The molecular formula is C12H12N2O6S. The van der Waals surface area contributed by atoms with E-state index in [9.17, 15) is 13.2 Å². The average Bonchev–Trinajstić information content (AvgIpc) is 3.01. The maximum absolute atomic E-state index is 11.2. The Hall–Kier alpha value is -2.26. The minimum absolute atomic E-state index is 0.187. The second-order valence-electron chi connectivity index (χ2n) is 4.53. The molecule has 112 valence electrons. The Labute approximate surface area is 119 Å². The maximum atomic E-state index is 11.2. The standard InChI is InChI=1S/C12H12N2O6S/c13-21(16,17)11-3-7-1-2-8(4-10(7)20-11)18-6-9-5-14-12(15)19-9/h1-4,9H,5-6H2,(H,14,15)(H2,13,16,17)/t9-/m0/s1. The van der Waals surface area contributed by atoms with Gasteiger partial charge in [0.15, 0.2) is 6.10 Å². The first-order chi connectivity index (χ1) is 9.91. The molecule has 1 aromatic carbocycles. The molecule has 2 aromatic rings. The van der Waals surface area contributed by atoms with Gasteiger partial charge in [0.2, 0.25) is 5.09 Å². The van der Waals surface area contributed by atoms with Gasteiger partial charge in [0.25, 0.3) is 10.0 Å². The van der Waals surface area contributed by atoms with Crippen molar-refractivity contribution in [2.45, 2.75) is 11.2 Å². The molecule has 0 spiro atoms.